The fraction of sp³-hybridized carbons (Fsp3) is 0.222. The van der Waals surface area contributed by atoms with Crippen LogP contribution < -0.4 is 0 Å². The summed E-state index contributed by atoms with van der Waals surface area (Å²) in [5.74, 6) is 0.124. The lowest BCUT2D eigenvalue weighted by Crippen LogP contribution is -1.91. The third-order valence-electron chi connectivity index (χ3n) is 1.47. The van der Waals surface area contributed by atoms with E-state index in [1.807, 2.05) is 6.92 Å². The van der Waals surface area contributed by atoms with Crippen molar-refractivity contribution in [3.8, 4) is 5.75 Å². The van der Waals surface area contributed by atoms with Gasteiger partial charge in [0.15, 0.2) is 5.78 Å². The van der Waals surface area contributed by atoms with Gasteiger partial charge in [0.05, 0.1) is 0 Å². The first kappa shape index (κ1) is 7.79. The minimum Gasteiger partial charge on any atom is -0.508 e. The van der Waals surface area contributed by atoms with Crippen molar-refractivity contribution in [2.45, 2.75) is 13.8 Å². The van der Waals surface area contributed by atoms with Gasteiger partial charge in [-0.25, -0.2) is 0 Å². The largest absolute Gasteiger partial charge is 0.508 e. The molecule has 2 nitrogen and oxygen atoms in total. The lowest BCUT2D eigenvalue weighted by molar-refractivity contribution is 0.101. The Bertz CT molecular complexity index is 269. The summed E-state index contributed by atoms with van der Waals surface area (Å²) in [5, 5.41) is 9.09. The monoisotopic (exact) mass is 150 g/mol. The van der Waals surface area contributed by atoms with Crippen molar-refractivity contribution in [3.63, 3.8) is 0 Å². The highest BCUT2D eigenvalue weighted by molar-refractivity contribution is 5.94. The van der Waals surface area contributed by atoms with Gasteiger partial charge in [-0.1, -0.05) is 0 Å². The van der Waals surface area contributed by atoms with Crippen LogP contribution in [0.5, 0.6) is 5.75 Å². The predicted molar refractivity (Wildman–Crippen MR) is 42.8 cm³/mol. The Hall–Kier alpha value is -1.31. The van der Waals surface area contributed by atoms with Crippen molar-refractivity contribution in [1.82, 2.24) is 0 Å². The van der Waals surface area contributed by atoms with Crippen molar-refractivity contribution in [2.75, 3.05) is 0 Å². The van der Waals surface area contributed by atoms with E-state index in [0.29, 0.717) is 5.56 Å². The van der Waals surface area contributed by atoms with Crippen LogP contribution in [0.25, 0.3) is 0 Å². The summed E-state index contributed by atoms with van der Waals surface area (Å²) < 4.78 is 0. The highest BCUT2D eigenvalue weighted by Crippen LogP contribution is 2.14. The first-order chi connectivity index (χ1) is 5.09. The molecule has 0 bridgehead atoms. The Balaban J connectivity index is 3.19. The summed E-state index contributed by atoms with van der Waals surface area (Å²) in [6.07, 6.45) is 0. The number of carbonyl (C=O) groups excluding carboxylic acids is 1. The zero-order valence-electron chi connectivity index (χ0n) is 6.59. The maximum atomic E-state index is 10.8. The van der Waals surface area contributed by atoms with Gasteiger partial charge in [0.25, 0.3) is 0 Å². The molecule has 1 aromatic carbocycles. The molecule has 0 aliphatic carbocycles. The summed E-state index contributed by atoms with van der Waals surface area (Å²) in [7, 11) is 0. The molecule has 0 radical (unpaired) electrons. The number of phenols is 1. The van der Waals surface area contributed by atoms with Gasteiger partial charge in [-0.05, 0) is 37.6 Å². The summed E-state index contributed by atoms with van der Waals surface area (Å²) in [6, 6.07) is 4.84. The van der Waals surface area contributed by atoms with E-state index in [0.717, 1.165) is 5.56 Å². The molecular weight excluding hydrogens is 140 g/mol. The molecule has 0 spiro atoms. The van der Waals surface area contributed by atoms with Crippen molar-refractivity contribution in [3.05, 3.63) is 29.3 Å². The number of rotatable bonds is 1. The van der Waals surface area contributed by atoms with Crippen molar-refractivity contribution >= 4 is 5.78 Å². The molecule has 1 N–H and O–H groups in total. The van der Waals surface area contributed by atoms with E-state index in [9.17, 15) is 4.79 Å². The Labute approximate surface area is 65.5 Å². The van der Waals surface area contributed by atoms with Crippen LogP contribution in [0.2, 0.25) is 0 Å². The molecule has 0 aromatic heterocycles. The highest BCUT2D eigenvalue weighted by atomic mass is 16.3. The molecule has 11 heavy (non-hydrogen) atoms. The molecule has 1 rings (SSSR count). The van der Waals surface area contributed by atoms with Crippen molar-refractivity contribution in [1.29, 1.82) is 0 Å². The van der Waals surface area contributed by atoms with Gasteiger partial charge in [-0.2, -0.15) is 0 Å². The first-order valence-electron chi connectivity index (χ1n) is 3.41. The number of ketones is 1. The molecule has 0 amide bonds. The topological polar surface area (TPSA) is 37.3 Å². The van der Waals surface area contributed by atoms with Crippen LogP contribution in [0, 0.1) is 6.92 Å². The van der Waals surface area contributed by atoms with E-state index < -0.39 is 0 Å². The summed E-state index contributed by atoms with van der Waals surface area (Å²) in [6.45, 7) is 3.32. The van der Waals surface area contributed by atoms with Crippen LogP contribution in [0.15, 0.2) is 18.2 Å². The van der Waals surface area contributed by atoms with Gasteiger partial charge in [-0.3, -0.25) is 4.79 Å². The number of phenolic OH excluding ortho intramolecular Hbond substituents is 1. The summed E-state index contributed by atoms with van der Waals surface area (Å²) in [5.41, 5.74) is 1.46. The molecule has 0 aliphatic heterocycles. The fourth-order valence-electron chi connectivity index (χ4n) is 0.966. The minimum atomic E-state index is -0.0241. The normalized spacial score (nSPS) is 9.64. The van der Waals surface area contributed by atoms with Crippen LogP contribution in [0.1, 0.15) is 22.8 Å². The standard InChI is InChI=1S/C9H10O2/c1-6-3-8(7(2)10)5-9(11)4-6/h3-5,11H,1-2H3. The fourth-order valence-corrected chi connectivity index (χ4v) is 0.966. The summed E-state index contributed by atoms with van der Waals surface area (Å²) in [4.78, 5) is 10.8. The third kappa shape index (κ3) is 1.80. The van der Waals surface area contributed by atoms with E-state index in [-0.39, 0.29) is 11.5 Å². The smallest absolute Gasteiger partial charge is 0.159 e. The van der Waals surface area contributed by atoms with Crippen LogP contribution in [-0.4, -0.2) is 10.9 Å². The average Bonchev–Trinajstić information content (AvgIpc) is 1.85. The van der Waals surface area contributed by atoms with E-state index in [4.69, 9.17) is 5.11 Å². The Morgan fingerprint density at radius 2 is 2.00 bits per heavy atom. The Kier molecular flexibility index (Phi) is 1.94. The van der Waals surface area contributed by atoms with E-state index in [1.54, 1.807) is 12.1 Å². The number of Topliss-reactive ketones (excluding diaryl/α,β-unsaturated/α-hetero) is 1. The van der Waals surface area contributed by atoms with E-state index in [1.165, 1.54) is 13.0 Å². The zero-order chi connectivity index (χ0) is 8.43. The Morgan fingerprint density at radius 3 is 2.45 bits per heavy atom. The maximum Gasteiger partial charge on any atom is 0.159 e. The molecule has 0 fully saturated rings. The van der Waals surface area contributed by atoms with Crippen molar-refractivity contribution in [2.24, 2.45) is 0 Å². The average molecular weight is 150 g/mol. The van der Waals surface area contributed by atoms with Gasteiger partial charge >= 0.3 is 0 Å². The maximum absolute atomic E-state index is 10.8. The molecule has 2 heteroatoms. The van der Waals surface area contributed by atoms with Gasteiger partial charge in [-0.15, -0.1) is 0 Å². The molecule has 0 saturated heterocycles. The number of aryl methyl sites for hydroxylation is 1. The van der Waals surface area contributed by atoms with E-state index >= 15 is 0 Å². The van der Waals surface area contributed by atoms with Gasteiger partial charge in [0, 0.05) is 5.56 Å². The van der Waals surface area contributed by atoms with Crippen LogP contribution in [0.3, 0.4) is 0 Å². The Morgan fingerprint density at radius 1 is 1.36 bits per heavy atom. The minimum absolute atomic E-state index is 0.0241. The van der Waals surface area contributed by atoms with Crippen LogP contribution >= 0.6 is 0 Å². The lowest BCUT2D eigenvalue weighted by atomic mass is 10.1. The van der Waals surface area contributed by atoms with Crippen LogP contribution in [0.4, 0.5) is 0 Å². The molecule has 1 aromatic rings. The second kappa shape index (κ2) is 2.74. The molecule has 0 unspecified atom stereocenters. The van der Waals surface area contributed by atoms with Gasteiger partial charge in [0.1, 0.15) is 5.75 Å². The molecule has 58 valence electrons. The molecular formula is C9H10O2. The second-order valence-electron chi connectivity index (χ2n) is 2.61. The first-order valence-corrected chi connectivity index (χ1v) is 3.41. The van der Waals surface area contributed by atoms with Gasteiger partial charge in [0.2, 0.25) is 0 Å². The zero-order valence-corrected chi connectivity index (χ0v) is 6.59. The van der Waals surface area contributed by atoms with Crippen LogP contribution in [-0.2, 0) is 0 Å². The number of hydrogen-bond acceptors (Lipinski definition) is 2. The number of aromatic hydroxyl groups is 1. The number of hydrogen-bond donors (Lipinski definition) is 1. The predicted octanol–water partition coefficient (Wildman–Crippen LogP) is 1.90. The summed E-state index contributed by atoms with van der Waals surface area (Å²) >= 11 is 0. The highest BCUT2D eigenvalue weighted by Gasteiger charge is 2.00. The molecule has 0 aliphatic rings. The van der Waals surface area contributed by atoms with Crippen molar-refractivity contribution < 1.29 is 9.90 Å². The second-order valence-corrected chi connectivity index (χ2v) is 2.61. The number of carbonyl (C=O) groups is 1. The van der Waals surface area contributed by atoms with Gasteiger partial charge < -0.3 is 5.11 Å². The quantitative estimate of drug-likeness (QED) is 0.621. The van der Waals surface area contributed by atoms with E-state index in [2.05, 4.69) is 0 Å². The lowest BCUT2D eigenvalue weighted by Gasteiger charge is -1.98. The molecule has 0 atom stereocenters. The third-order valence-corrected chi connectivity index (χ3v) is 1.47. The number of benzene rings is 1. The molecule has 0 heterocycles. The molecule has 0 saturated carbocycles. The SMILES string of the molecule is CC(=O)c1cc(C)cc(O)c1.